The zero-order valence-electron chi connectivity index (χ0n) is 22.6. The number of aryl methyl sites for hydroxylation is 1. The van der Waals surface area contributed by atoms with E-state index in [9.17, 15) is 18.3 Å². The van der Waals surface area contributed by atoms with Crippen molar-refractivity contribution in [2.24, 2.45) is 0 Å². The molecule has 1 amide bonds. The van der Waals surface area contributed by atoms with Crippen LogP contribution in [-0.2, 0) is 29.5 Å². The molecule has 0 saturated heterocycles. The second kappa shape index (κ2) is 13.4. The molecule has 3 N–H and O–H groups in total. The van der Waals surface area contributed by atoms with E-state index in [1.165, 1.54) is 4.31 Å². The van der Waals surface area contributed by atoms with Gasteiger partial charge in [0.15, 0.2) is 0 Å². The number of carbonyl (C=O) groups is 1. The van der Waals surface area contributed by atoms with Gasteiger partial charge in [-0.2, -0.15) is 5.10 Å². The molecule has 3 aromatic carbocycles. The number of para-hydroxylation sites is 1. The molecule has 4 rings (SSSR count). The zero-order chi connectivity index (χ0) is 28.5. The van der Waals surface area contributed by atoms with E-state index in [-0.39, 0.29) is 12.1 Å². The number of nitrogens with one attached hydrogen (secondary N) is 2. The lowest BCUT2D eigenvalue weighted by Gasteiger charge is -2.26. The maximum absolute atomic E-state index is 13.4. The van der Waals surface area contributed by atoms with Gasteiger partial charge in [-0.25, -0.2) is 12.7 Å². The topological polar surface area (TPSA) is 117 Å². The van der Waals surface area contributed by atoms with Crippen LogP contribution in [0.3, 0.4) is 0 Å². The fourth-order valence-electron chi connectivity index (χ4n) is 4.45. The first-order chi connectivity index (χ1) is 19.2. The Hall–Kier alpha value is -3.99. The summed E-state index contributed by atoms with van der Waals surface area (Å²) >= 11 is 0. The second-order valence-corrected chi connectivity index (χ2v) is 11.4. The average Bonchev–Trinajstić information content (AvgIpc) is 3.41. The van der Waals surface area contributed by atoms with Crippen molar-refractivity contribution in [3.63, 3.8) is 0 Å². The molecule has 4 aromatic rings. The van der Waals surface area contributed by atoms with E-state index in [2.05, 4.69) is 15.7 Å². The van der Waals surface area contributed by atoms with E-state index < -0.39 is 28.1 Å². The molecule has 0 spiro atoms. The Kier molecular flexibility index (Phi) is 9.70. The summed E-state index contributed by atoms with van der Waals surface area (Å²) in [5.41, 5.74) is 3.07. The Morgan fingerprint density at radius 1 is 0.975 bits per heavy atom. The van der Waals surface area contributed by atoms with Crippen LogP contribution in [0.15, 0.2) is 97.3 Å². The standard InChI is InChI=1S/C30H35N5O4S/c1-3-34-22-24(20-32-34)19-31-21-29(36)28(17-23-11-6-4-7-12-23)33-30(37)25-13-10-16-27(18-25)35(40(2,38)39)26-14-8-5-9-15-26/h4-16,18,20,22,28-29,31,36H,3,17,19,21H2,1-2H3,(H,33,37)/t28-,29+/m0/s1. The van der Waals surface area contributed by atoms with Gasteiger partial charge in [0.05, 0.1) is 36.0 Å². The molecule has 2 atom stereocenters. The smallest absolute Gasteiger partial charge is 0.251 e. The molecule has 10 heteroatoms. The quantitative estimate of drug-likeness (QED) is 0.230. The van der Waals surface area contributed by atoms with Crippen LogP contribution in [0.4, 0.5) is 11.4 Å². The molecule has 0 aliphatic rings. The maximum atomic E-state index is 13.4. The van der Waals surface area contributed by atoms with E-state index >= 15 is 0 Å². The molecule has 1 aromatic heterocycles. The first-order valence-corrected chi connectivity index (χ1v) is 15.0. The van der Waals surface area contributed by atoms with Crippen molar-refractivity contribution in [3.05, 3.63) is 114 Å². The second-order valence-electron chi connectivity index (χ2n) is 9.59. The van der Waals surface area contributed by atoms with Gasteiger partial charge in [-0.05, 0) is 49.2 Å². The molecule has 1 heterocycles. The fourth-order valence-corrected chi connectivity index (χ4v) is 5.45. The number of aromatic nitrogens is 2. The van der Waals surface area contributed by atoms with Crippen molar-refractivity contribution in [3.8, 4) is 0 Å². The highest BCUT2D eigenvalue weighted by molar-refractivity contribution is 7.92. The van der Waals surface area contributed by atoms with Crippen molar-refractivity contribution in [2.75, 3.05) is 17.1 Å². The van der Waals surface area contributed by atoms with Crippen LogP contribution in [0.25, 0.3) is 0 Å². The molecular weight excluding hydrogens is 526 g/mol. The minimum Gasteiger partial charge on any atom is -0.390 e. The predicted molar refractivity (Wildman–Crippen MR) is 157 cm³/mol. The van der Waals surface area contributed by atoms with Gasteiger partial charge >= 0.3 is 0 Å². The molecule has 0 saturated carbocycles. The van der Waals surface area contributed by atoms with E-state index in [4.69, 9.17) is 0 Å². The molecule has 0 fully saturated rings. The van der Waals surface area contributed by atoms with Crippen molar-refractivity contribution < 1.29 is 18.3 Å². The number of carbonyl (C=O) groups excluding carboxylic acids is 1. The van der Waals surface area contributed by atoms with E-state index in [1.807, 2.05) is 48.1 Å². The van der Waals surface area contributed by atoms with Crippen molar-refractivity contribution in [1.29, 1.82) is 0 Å². The Morgan fingerprint density at radius 2 is 1.65 bits per heavy atom. The lowest BCUT2D eigenvalue weighted by atomic mass is 10.0. The highest BCUT2D eigenvalue weighted by Gasteiger charge is 2.24. The van der Waals surface area contributed by atoms with Gasteiger partial charge < -0.3 is 15.7 Å². The zero-order valence-corrected chi connectivity index (χ0v) is 23.5. The summed E-state index contributed by atoms with van der Waals surface area (Å²) in [7, 11) is -3.68. The summed E-state index contributed by atoms with van der Waals surface area (Å²) in [6, 6.07) is 24.2. The van der Waals surface area contributed by atoms with Crippen LogP contribution >= 0.6 is 0 Å². The molecule has 0 unspecified atom stereocenters. The highest BCUT2D eigenvalue weighted by Crippen LogP contribution is 2.28. The number of nitrogens with zero attached hydrogens (tertiary/aromatic N) is 3. The van der Waals surface area contributed by atoms with Crippen LogP contribution in [0.5, 0.6) is 0 Å². The number of rotatable bonds is 13. The number of hydrogen-bond donors (Lipinski definition) is 3. The third-order valence-corrected chi connectivity index (χ3v) is 7.52. The molecule has 0 bridgehead atoms. The number of hydrogen-bond acceptors (Lipinski definition) is 6. The average molecular weight is 562 g/mol. The van der Waals surface area contributed by atoms with Gasteiger partial charge in [-0.15, -0.1) is 0 Å². The molecular formula is C30H35N5O4S. The lowest BCUT2D eigenvalue weighted by molar-refractivity contribution is 0.0830. The van der Waals surface area contributed by atoms with Crippen LogP contribution in [-0.4, -0.2) is 54.2 Å². The number of amides is 1. The van der Waals surface area contributed by atoms with E-state index in [1.54, 1.807) is 60.8 Å². The van der Waals surface area contributed by atoms with Crippen LogP contribution < -0.4 is 14.9 Å². The minimum absolute atomic E-state index is 0.255. The normalized spacial score (nSPS) is 13.0. The van der Waals surface area contributed by atoms with E-state index in [0.29, 0.717) is 24.3 Å². The summed E-state index contributed by atoms with van der Waals surface area (Å²) in [6.07, 6.45) is 4.39. The minimum atomic E-state index is -3.68. The van der Waals surface area contributed by atoms with Gasteiger partial charge in [0.25, 0.3) is 5.91 Å². The maximum Gasteiger partial charge on any atom is 0.251 e. The summed E-state index contributed by atoms with van der Waals surface area (Å²) < 4.78 is 28.4. The van der Waals surface area contributed by atoms with Gasteiger partial charge in [0.2, 0.25) is 10.0 Å². The monoisotopic (exact) mass is 561 g/mol. The summed E-state index contributed by atoms with van der Waals surface area (Å²) in [5, 5.41) is 21.6. The molecule has 0 aliphatic heterocycles. The Bertz CT molecular complexity index is 1490. The van der Waals surface area contributed by atoms with Gasteiger partial charge in [0.1, 0.15) is 0 Å². The largest absolute Gasteiger partial charge is 0.390 e. The summed E-state index contributed by atoms with van der Waals surface area (Å²) in [6.45, 7) is 3.58. The summed E-state index contributed by atoms with van der Waals surface area (Å²) in [4.78, 5) is 13.4. The Morgan fingerprint density at radius 3 is 2.30 bits per heavy atom. The van der Waals surface area contributed by atoms with Crippen molar-refractivity contribution in [1.82, 2.24) is 20.4 Å². The molecule has 0 aliphatic carbocycles. The fraction of sp³-hybridized carbons (Fsp3) is 0.267. The van der Waals surface area contributed by atoms with Gasteiger partial charge in [-0.3, -0.25) is 9.48 Å². The predicted octanol–water partition coefficient (Wildman–Crippen LogP) is 3.49. The number of anilines is 2. The number of benzene rings is 3. The molecule has 9 nitrogen and oxygen atoms in total. The SMILES string of the molecule is CCn1cc(CNC[C@@H](O)[C@H](Cc2ccccc2)NC(=O)c2cccc(N(c3ccccc3)S(C)(=O)=O)c2)cn1. The number of sulfonamides is 1. The molecule has 210 valence electrons. The first-order valence-electron chi connectivity index (χ1n) is 13.1. The number of aliphatic hydroxyl groups excluding tert-OH is 1. The molecule has 40 heavy (non-hydrogen) atoms. The lowest BCUT2D eigenvalue weighted by Crippen LogP contribution is -2.48. The Balaban J connectivity index is 1.51. The van der Waals surface area contributed by atoms with Crippen LogP contribution in [0.1, 0.15) is 28.4 Å². The first kappa shape index (κ1) is 29.0. The third kappa shape index (κ3) is 7.78. The highest BCUT2D eigenvalue weighted by atomic mass is 32.2. The van der Waals surface area contributed by atoms with Gasteiger partial charge in [-0.1, -0.05) is 54.6 Å². The van der Waals surface area contributed by atoms with Gasteiger partial charge in [0, 0.05) is 37.0 Å². The van der Waals surface area contributed by atoms with Crippen molar-refractivity contribution in [2.45, 2.75) is 38.6 Å². The summed E-state index contributed by atoms with van der Waals surface area (Å²) in [5.74, 6) is -0.410. The number of aliphatic hydroxyl groups is 1. The van der Waals surface area contributed by atoms with Crippen LogP contribution in [0.2, 0.25) is 0 Å². The third-order valence-electron chi connectivity index (χ3n) is 6.44. The van der Waals surface area contributed by atoms with Crippen LogP contribution in [0, 0.1) is 0 Å². The van der Waals surface area contributed by atoms with Crippen molar-refractivity contribution >= 4 is 27.3 Å². The van der Waals surface area contributed by atoms with E-state index in [0.717, 1.165) is 23.9 Å². The molecule has 0 radical (unpaired) electrons. The Labute approximate surface area is 235 Å².